The van der Waals surface area contributed by atoms with E-state index in [1.54, 1.807) is 30.5 Å². The lowest BCUT2D eigenvalue weighted by atomic mass is 10.0. The predicted octanol–water partition coefficient (Wildman–Crippen LogP) is 6.96. The fourth-order valence-corrected chi connectivity index (χ4v) is 3.42. The molecule has 0 bridgehead atoms. The zero-order chi connectivity index (χ0) is 22.9. The predicted molar refractivity (Wildman–Crippen MR) is 116 cm³/mol. The van der Waals surface area contributed by atoms with Crippen molar-refractivity contribution in [1.29, 1.82) is 0 Å². The van der Waals surface area contributed by atoms with Crippen molar-refractivity contribution in [3.05, 3.63) is 83.4 Å². The summed E-state index contributed by atoms with van der Waals surface area (Å²) >= 11 is 0. The number of fused-ring (bicyclic) bond motifs is 1. The van der Waals surface area contributed by atoms with Crippen molar-refractivity contribution in [3.63, 3.8) is 0 Å². The second kappa shape index (κ2) is 8.53. The fourth-order valence-electron chi connectivity index (χ4n) is 3.42. The van der Waals surface area contributed by atoms with Crippen molar-refractivity contribution in [2.24, 2.45) is 0 Å². The van der Waals surface area contributed by atoms with Crippen molar-refractivity contribution < 1.29 is 22.3 Å². The van der Waals surface area contributed by atoms with E-state index in [9.17, 15) is 17.6 Å². The van der Waals surface area contributed by atoms with E-state index in [1.807, 2.05) is 13.8 Å². The molecular weight excluding hydrogens is 422 g/mol. The second-order valence-corrected chi connectivity index (χ2v) is 7.64. The van der Waals surface area contributed by atoms with Crippen molar-refractivity contribution in [1.82, 2.24) is 9.97 Å². The number of alkyl halides is 3. The molecule has 166 valence electrons. The number of pyridine rings is 1. The van der Waals surface area contributed by atoms with E-state index in [1.165, 1.54) is 18.3 Å². The van der Waals surface area contributed by atoms with Gasteiger partial charge in [-0.2, -0.15) is 13.2 Å². The average molecular weight is 443 g/mol. The number of nitrogens with one attached hydrogen (secondary N) is 2. The molecule has 2 N–H and O–H groups in total. The molecule has 2 aromatic heterocycles. The van der Waals surface area contributed by atoms with Crippen LogP contribution in [-0.2, 0) is 6.18 Å². The molecule has 8 heteroatoms. The van der Waals surface area contributed by atoms with Crippen LogP contribution in [-0.4, -0.2) is 16.6 Å². The number of aromatic amines is 1. The molecule has 4 rings (SSSR count). The van der Waals surface area contributed by atoms with Crippen LogP contribution in [0.1, 0.15) is 29.5 Å². The number of aromatic nitrogens is 2. The highest BCUT2D eigenvalue weighted by Crippen LogP contribution is 2.31. The Morgan fingerprint density at radius 2 is 1.84 bits per heavy atom. The molecule has 32 heavy (non-hydrogen) atoms. The lowest BCUT2D eigenvalue weighted by Crippen LogP contribution is -2.10. The first-order chi connectivity index (χ1) is 15.2. The summed E-state index contributed by atoms with van der Waals surface area (Å²) in [5, 5.41) is 3.72. The minimum Gasteiger partial charge on any atom is -0.492 e. The van der Waals surface area contributed by atoms with Crippen LogP contribution in [0.25, 0.3) is 10.9 Å². The second-order valence-electron chi connectivity index (χ2n) is 7.64. The standard InChI is InChI=1S/C24H21F4N3O/c1-14(16-3-5-17(6-4-16)24(26,27)28)13-32-22-9-10-29-23(15(22)2)31-18-7-8-19-20(25)12-30-21(19)11-18/h3-12,14,30H,13H2,1-2H3,(H,29,31). The maximum atomic E-state index is 13.6. The Balaban J connectivity index is 1.45. The smallest absolute Gasteiger partial charge is 0.416 e. The SMILES string of the molecule is Cc1c(OCC(C)c2ccc(C(F)(F)F)cc2)ccnc1Nc1ccc2c(F)c[nH]c2c1. The first-order valence-electron chi connectivity index (χ1n) is 10.0. The maximum Gasteiger partial charge on any atom is 0.416 e. The summed E-state index contributed by atoms with van der Waals surface area (Å²) in [6.45, 7) is 4.05. The van der Waals surface area contributed by atoms with E-state index in [0.29, 0.717) is 29.1 Å². The van der Waals surface area contributed by atoms with E-state index >= 15 is 0 Å². The maximum absolute atomic E-state index is 13.6. The highest BCUT2D eigenvalue weighted by Gasteiger charge is 2.30. The van der Waals surface area contributed by atoms with Gasteiger partial charge in [0.25, 0.3) is 0 Å². The Morgan fingerprint density at radius 3 is 2.56 bits per heavy atom. The molecule has 0 aliphatic carbocycles. The number of ether oxygens (including phenoxy) is 1. The van der Waals surface area contributed by atoms with Crippen LogP contribution in [0.2, 0.25) is 0 Å². The third-order valence-corrected chi connectivity index (χ3v) is 5.34. The van der Waals surface area contributed by atoms with E-state index in [4.69, 9.17) is 4.74 Å². The molecule has 2 heterocycles. The van der Waals surface area contributed by atoms with Crippen LogP contribution in [0.5, 0.6) is 5.75 Å². The highest BCUT2D eigenvalue weighted by atomic mass is 19.4. The molecule has 0 saturated heterocycles. The summed E-state index contributed by atoms with van der Waals surface area (Å²) in [5.74, 6) is 0.800. The summed E-state index contributed by atoms with van der Waals surface area (Å²) < 4.78 is 57.8. The number of rotatable bonds is 6. The van der Waals surface area contributed by atoms with E-state index in [2.05, 4.69) is 15.3 Å². The molecule has 2 aromatic carbocycles. The van der Waals surface area contributed by atoms with Gasteiger partial charge in [0.15, 0.2) is 0 Å². The van der Waals surface area contributed by atoms with E-state index in [-0.39, 0.29) is 11.7 Å². The van der Waals surface area contributed by atoms with Crippen molar-refractivity contribution in [2.75, 3.05) is 11.9 Å². The average Bonchev–Trinajstić information content (AvgIpc) is 3.13. The summed E-state index contributed by atoms with van der Waals surface area (Å²) in [5.41, 5.74) is 2.28. The molecule has 0 spiro atoms. The Hall–Kier alpha value is -3.55. The molecule has 0 aliphatic heterocycles. The zero-order valence-electron chi connectivity index (χ0n) is 17.4. The largest absolute Gasteiger partial charge is 0.492 e. The van der Waals surface area contributed by atoms with E-state index in [0.717, 1.165) is 28.9 Å². The molecule has 0 fully saturated rings. The Labute approximate surface area is 182 Å². The van der Waals surface area contributed by atoms with Crippen molar-refractivity contribution >= 4 is 22.4 Å². The van der Waals surface area contributed by atoms with Gasteiger partial charge >= 0.3 is 6.18 Å². The number of hydrogen-bond acceptors (Lipinski definition) is 3. The molecule has 0 saturated carbocycles. The van der Waals surface area contributed by atoms with E-state index < -0.39 is 11.7 Å². The van der Waals surface area contributed by atoms with Gasteiger partial charge in [-0.1, -0.05) is 19.1 Å². The van der Waals surface area contributed by atoms with Gasteiger partial charge in [0.2, 0.25) is 0 Å². The topological polar surface area (TPSA) is 49.9 Å². The molecule has 0 aliphatic rings. The van der Waals surface area contributed by atoms with Gasteiger partial charge in [-0.3, -0.25) is 0 Å². The quantitative estimate of drug-likeness (QED) is 0.317. The van der Waals surface area contributed by atoms with Crippen molar-refractivity contribution in [2.45, 2.75) is 25.9 Å². The lowest BCUT2D eigenvalue weighted by molar-refractivity contribution is -0.137. The van der Waals surface area contributed by atoms with Gasteiger partial charge in [0, 0.05) is 34.9 Å². The number of hydrogen-bond donors (Lipinski definition) is 2. The normalized spacial score (nSPS) is 12.7. The minimum atomic E-state index is -4.35. The molecule has 1 unspecified atom stereocenters. The van der Waals surface area contributed by atoms with Crippen LogP contribution in [0, 0.1) is 12.7 Å². The van der Waals surface area contributed by atoms with Gasteiger partial charge in [0.1, 0.15) is 17.4 Å². The third-order valence-electron chi connectivity index (χ3n) is 5.34. The molecule has 0 radical (unpaired) electrons. The third kappa shape index (κ3) is 4.54. The van der Waals surface area contributed by atoms with Crippen LogP contribution in [0.15, 0.2) is 60.9 Å². The molecule has 0 amide bonds. The van der Waals surface area contributed by atoms with Gasteiger partial charge in [-0.15, -0.1) is 0 Å². The number of halogens is 4. The van der Waals surface area contributed by atoms with Crippen molar-refractivity contribution in [3.8, 4) is 5.75 Å². The highest BCUT2D eigenvalue weighted by molar-refractivity contribution is 5.84. The van der Waals surface area contributed by atoms with Gasteiger partial charge < -0.3 is 15.0 Å². The zero-order valence-corrected chi connectivity index (χ0v) is 17.4. The monoisotopic (exact) mass is 443 g/mol. The summed E-state index contributed by atoms with van der Waals surface area (Å²) in [4.78, 5) is 7.23. The Kier molecular flexibility index (Phi) is 5.78. The van der Waals surface area contributed by atoms with Crippen LogP contribution in [0.4, 0.5) is 29.1 Å². The lowest BCUT2D eigenvalue weighted by Gasteiger charge is -2.17. The molecule has 1 atom stereocenters. The number of nitrogens with zero attached hydrogens (tertiary/aromatic N) is 1. The summed E-state index contributed by atoms with van der Waals surface area (Å²) in [6.07, 6.45) is -1.43. The Bertz CT molecular complexity index is 1230. The van der Waals surface area contributed by atoms with Crippen LogP contribution >= 0.6 is 0 Å². The number of benzene rings is 2. The summed E-state index contributed by atoms with van der Waals surface area (Å²) in [6, 6.07) is 12.1. The number of H-pyrrole nitrogens is 1. The van der Waals surface area contributed by atoms with Gasteiger partial charge in [0.05, 0.1) is 17.7 Å². The van der Waals surface area contributed by atoms with Crippen LogP contribution in [0.3, 0.4) is 0 Å². The Morgan fingerprint density at radius 1 is 1.09 bits per heavy atom. The van der Waals surface area contributed by atoms with Gasteiger partial charge in [-0.05, 0) is 48.9 Å². The van der Waals surface area contributed by atoms with Gasteiger partial charge in [-0.25, -0.2) is 9.37 Å². The van der Waals surface area contributed by atoms with Crippen LogP contribution < -0.4 is 10.1 Å². The first kappa shape index (κ1) is 21.7. The molecular formula is C24H21F4N3O. The number of anilines is 2. The first-order valence-corrected chi connectivity index (χ1v) is 10.0. The molecule has 4 aromatic rings. The molecule has 4 nitrogen and oxygen atoms in total. The summed E-state index contributed by atoms with van der Waals surface area (Å²) in [7, 11) is 0. The minimum absolute atomic E-state index is 0.105. The fraction of sp³-hybridized carbons (Fsp3) is 0.208.